The molecule has 1 heterocycles. The maximum Gasteiger partial charge on any atom is 0.416 e. The van der Waals surface area contributed by atoms with Crippen molar-refractivity contribution < 1.29 is 27.8 Å². The molecule has 0 spiro atoms. The highest BCUT2D eigenvalue weighted by atomic mass is 32.2. The lowest BCUT2D eigenvalue weighted by Gasteiger charge is -2.15. The van der Waals surface area contributed by atoms with Crippen LogP contribution in [0.4, 0.5) is 13.2 Å². The molecule has 3 nitrogen and oxygen atoms in total. The van der Waals surface area contributed by atoms with Crippen LogP contribution >= 0.6 is 23.1 Å². The monoisotopic (exact) mass is 496 g/mol. The smallest absolute Gasteiger partial charge is 0.416 e. The highest BCUT2D eigenvalue weighted by Crippen LogP contribution is 2.39. The van der Waals surface area contributed by atoms with E-state index in [0.29, 0.717) is 17.1 Å². The largest absolute Gasteiger partial charge is 0.482 e. The van der Waals surface area contributed by atoms with Gasteiger partial charge in [-0.15, -0.1) is 23.1 Å². The van der Waals surface area contributed by atoms with Crippen molar-refractivity contribution in [3.05, 3.63) is 58.5 Å². The molecule has 3 rings (SSSR count). The number of carboxylic acid groups (broad SMARTS) is 1. The summed E-state index contributed by atoms with van der Waals surface area (Å²) in [5.74, 6) is 0.738. The fourth-order valence-electron chi connectivity index (χ4n) is 3.65. The van der Waals surface area contributed by atoms with Gasteiger partial charge in [-0.1, -0.05) is 19.8 Å². The van der Waals surface area contributed by atoms with E-state index in [-0.39, 0.29) is 6.61 Å². The molecule has 0 aliphatic heterocycles. The number of carboxylic acids is 1. The Morgan fingerprint density at radius 2 is 1.94 bits per heavy atom. The number of unbranched alkanes of at least 4 members (excludes halogenated alkanes) is 1. The number of hydrogen-bond acceptors (Lipinski definition) is 4. The molecule has 0 amide bonds. The Bertz CT molecular complexity index is 1090. The normalized spacial score (nSPS) is 12.8. The minimum atomic E-state index is -4.33. The van der Waals surface area contributed by atoms with E-state index in [1.165, 1.54) is 6.07 Å². The summed E-state index contributed by atoms with van der Waals surface area (Å²) < 4.78 is 45.4. The zero-order chi connectivity index (χ0) is 24.0. The Kier molecular flexibility index (Phi) is 8.70. The van der Waals surface area contributed by atoms with E-state index in [9.17, 15) is 18.0 Å². The van der Waals surface area contributed by atoms with Crippen LogP contribution in [0.1, 0.15) is 54.5 Å². The van der Waals surface area contributed by atoms with Gasteiger partial charge in [0, 0.05) is 14.5 Å². The minimum Gasteiger partial charge on any atom is -0.482 e. The molecule has 1 unspecified atom stereocenters. The number of carbonyl (C=O) groups is 1. The van der Waals surface area contributed by atoms with Crippen LogP contribution in [0.5, 0.6) is 5.75 Å². The zero-order valence-electron chi connectivity index (χ0n) is 18.6. The van der Waals surface area contributed by atoms with Gasteiger partial charge in [0.25, 0.3) is 0 Å². The topological polar surface area (TPSA) is 46.5 Å². The average molecular weight is 497 g/mol. The Hall–Kier alpha value is -2.19. The van der Waals surface area contributed by atoms with Crippen LogP contribution < -0.4 is 4.74 Å². The molecule has 0 aliphatic rings. The van der Waals surface area contributed by atoms with Crippen molar-refractivity contribution in [2.45, 2.75) is 56.5 Å². The van der Waals surface area contributed by atoms with E-state index in [4.69, 9.17) is 9.84 Å². The van der Waals surface area contributed by atoms with E-state index in [0.717, 1.165) is 57.5 Å². The summed E-state index contributed by atoms with van der Waals surface area (Å²) in [5, 5.41) is 9.42. The summed E-state index contributed by atoms with van der Waals surface area (Å²) in [6.45, 7) is 3.66. The number of thiophene rings is 1. The highest BCUT2D eigenvalue weighted by Gasteiger charge is 2.30. The van der Waals surface area contributed by atoms with Gasteiger partial charge in [0.05, 0.1) is 5.56 Å². The molecule has 2 aromatic carbocycles. The third-order valence-corrected chi connectivity index (χ3v) is 7.71. The second-order valence-electron chi connectivity index (χ2n) is 7.99. The van der Waals surface area contributed by atoms with Crippen LogP contribution in [0.25, 0.3) is 10.1 Å². The number of ether oxygens (including phenoxy) is 1. The summed E-state index contributed by atoms with van der Waals surface area (Å²) in [6, 6.07) is 11.6. The van der Waals surface area contributed by atoms with Crippen LogP contribution in [-0.2, 0) is 11.0 Å². The molecule has 0 saturated carbocycles. The molecule has 1 aromatic heterocycles. The number of aliphatic carboxylic acids is 1. The van der Waals surface area contributed by atoms with Crippen LogP contribution in [0.2, 0.25) is 0 Å². The van der Waals surface area contributed by atoms with Crippen molar-refractivity contribution in [1.82, 2.24) is 0 Å². The molecular formula is C25H27F3O3S2. The number of rotatable bonds is 11. The molecule has 1 N–H and O–H groups in total. The molecule has 0 bridgehead atoms. The molecule has 8 heteroatoms. The van der Waals surface area contributed by atoms with E-state index in [1.807, 2.05) is 25.1 Å². The number of thioether (sulfide) groups is 1. The summed E-state index contributed by atoms with van der Waals surface area (Å²) >= 11 is 3.31. The summed E-state index contributed by atoms with van der Waals surface area (Å²) in [4.78, 5) is 12.9. The first-order valence-corrected chi connectivity index (χ1v) is 12.7. The lowest BCUT2D eigenvalue weighted by Crippen LogP contribution is -2.10. The van der Waals surface area contributed by atoms with Crippen molar-refractivity contribution in [2.75, 3.05) is 12.4 Å². The SMILES string of the molecule is CCCCC(CCSc1ccc(OCC(=O)O)c(C)c1)c1cc2cc(C(F)(F)F)ccc2s1. The van der Waals surface area contributed by atoms with Gasteiger partial charge in [-0.25, -0.2) is 4.79 Å². The molecule has 0 saturated heterocycles. The Morgan fingerprint density at radius 3 is 2.61 bits per heavy atom. The van der Waals surface area contributed by atoms with Gasteiger partial charge >= 0.3 is 12.1 Å². The number of benzene rings is 2. The van der Waals surface area contributed by atoms with Crippen LogP contribution in [0.15, 0.2) is 47.4 Å². The third kappa shape index (κ3) is 7.14. The lowest BCUT2D eigenvalue weighted by molar-refractivity contribution is -0.139. The number of halogens is 3. The Labute approximate surface area is 200 Å². The Balaban J connectivity index is 1.67. The average Bonchev–Trinajstić information content (AvgIpc) is 3.18. The number of alkyl halides is 3. The number of hydrogen-bond donors (Lipinski definition) is 1. The summed E-state index contributed by atoms with van der Waals surface area (Å²) in [6.07, 6.45) is -0.242. The van der Waals surface area contributed by atoms with E-state index in [1.54, 1.807) is 35.2 Å². The van der Waals surface area contributed by atoms with Gasteiger partial charge in [-0.05, 0) is 84.9 Å². The van der Waals surface area contributed by atoms with Gasteiger partial charge in [0.1, 0.15) is 5.75 Å². The molecule has 33 heavy (non-hydrogen) atoms. The molecule has 0 fully saturated rings. The minimum absolute atomic E-state index is 0.309. The molecular weight excluding hydrogens is 469 g/mol. The van der Waals surface area contributed by atoms with Gasteiger partial charge in [-0.3, -0.25) is 0 Å². The first kappa shape index (κ1) is 25.4. The standard InChI is InChI=1S/C25H27F3O3S2/c1-3-4-5-17(23-14-18-13-19(25(26,27)28)6-9-22(18)33-23)10-11-32-20-7-8-21(16(2)12-20)31-15-24(29)30/h6-9,12-14,17H,3-5,10-11,15H2,1-2H3,(H,29,30). The third-order valence-electron chi connectivity index (χ3n) is 5.40. The second-order valence-corrected chi connectivity index (χ2v) is 10.3. The summed E-state index contributed by atoms with van der Waals surface area (Å²) in [7, 11) is 0. The highest BCUT2D eigenvalue weighted by molar-refractivity contribution is 7.99. The number of aryl methyl sites for hydroxylation is 1. The molecule has 178 valence electrons. The fraction of sp³-hybridized carbons (Fsp3) is 0.400. The van der Waals surface area contributed by atoms with E-state index < -0.39 is 17.7 Å². The Morgan fingerprint density at radius 1 is 1.15 bits per heavy atom. The molecule has 0 radical (unpaired) electrons. The van der Waals surface area contributed by atoms with Crippen molar-refractivity contribution in [1.29, 1.82) is 0 Å². The van der Waals surface area contributed by atoms with E-state index >= 15 is 0 Å². The first-order chi connectivity index (χ1) is 15.7. The molecule has 0 aliphatic carbocycles. The second kappa shape index (κ2) is 11.3. The van der Waals surface area contributed by atoms with Gasteiger partial charge in [0.15, 0.2) is 6.61 Å². The maximum absolute atomic E-state index is 13.1. The van der Waals surface area contributed by atoms with Crippen LogP contribution in [0.3, 0.4) is 0 Å². The maximum atomic E-state index is 13.1. The van der Waals surface area contributed by atoms with Crippen molar-refractivity contribution in [3.8, 4) is 5.75 Å². The fourth-order valence-corrected chi connectivity index (χ4v) is 5.93. The van der Waals surface area contributed by atoms with E-state index in [2.05, 4.69) is 6.92 Å². The zero-order valence-corrected chi connectivity index (χ0v) is 20.2. The van der Waals surface area contributed by atoms with Gasteiger partial charge in [0.2, 0.25) is 0 Å². The van der Waals surface area contributed by atoms with Crippen molar-refractivity contribution >= 4 is 39.2 Å². The van der Waals surface area contributed by atoms with Gasteiger partial charge < -0.3 is 9.84 Å². The van der Waals surface area contributed by atoms with Crippen LogP contribution in [0, 0.1) is 6.92 Å². The molecule has 3 aromatic rings. The van der Waals surface area contributed by atoms with Gasteiger partial charge in [-0.2, -0.15) is 13.2 Å². The van der Waals surface area contributed by atoms with Crippen LogP contribution in [-0.4, -0.2) is 23.4 Å². The summed E-state index contributed by atoms with van der Waals surface area (Å²) in [5.41, 5.74) is 0.278. The lowest BCUT2D eigenvalue weighted by atomic mass is 9.97. The molecule has 1 atom stereocenters. The van der Waals surface area contributed by atoms with Crippen molar-refractivity contribution in [2.24, 2.45) is 0 Å². The number of fused-ring (bicyclic) bond motifs is 1. The predicted molar refractivity (Wildman–Crippen MR) is 129 cm³/mol. The van der Waals surface area contributed by atoms with Crippen molar-refractivity contribution in [3.63, 3.8) is 0 Å². The quantitative estimate of drug-likeness (QED) is 0.272. The predicted octanol–water partition coefficient (Wildman–Crippen LogP) is 8.15. The first-order valence-electron chi connectivity index (χ1n) is 10.9.